The van der Waals surface area contributed by atoms with Crippen molar-refractivity contribution in [2.75, 3.05) is 37.0 Å². The lowest BCUT2D eigenvalue weighted by Crippen LogP contribution is -2.35. The standard InChI is InChI=1S/C20H20ClN3O3/c1-23-17-7-6-14(10-18(17)27-12-19(23)25)22-20(26)24-9-8-13(11-24)15-4-2-3-5-16(15)21/h2-7,10,13H,8-9,11-12H2,1H3,(H,22,26)/t13-/m1/s1. The summed E-state index contributed by atoms with van der Waals surface area (Å²) in [5.41, 5.74) is 2.43. The molecule has 3 amide bonds. The fourth-order valence-electron chi connectivity index (χ4n) is 3.56. The Kier molecular flexibility index (Phi) is 4.66. The first-order valence-corrected chi connectivity index (χ1v) is 9.24. The number of nitrogens with one attached hydrogen (secondary N) is 1. The minimum Gasteiger partial charge on any atom is -0.481 e. The molecular weight excluding hydrogens is 366 g/mol. The highest BCUT2D eigenvalue weighted by Gasteiger charge is 2.29. The molecule has 0 unspecified atom stereocenters. The summed E-state index contributed by atoms with van der Waals surface area (Å²) in [4.78, 5) is 27.7. The van der Waals surface area contributed by atoms with E-state index in [9.17, 15) is 9.59 Å². The van der Waals surface area contributed by atoms with E-state index in [1.807, 2.05) is 24.3 Å². The molecule has 1 N–H and O–H groups in total. The van der Waals surface area contributed by atoms with E-state index in [1.165, 1.54) is 0 Å². The molecule has 2 aliphatic heterocycles. The third-order valence-corrected chi connectivity index (χ3v) is 5.46. The molecule has 4 rings (SSSR count). The summed E-state index contributed by atoms with van der Waals surface area (Å²) in [6, 6.07) is 12.9. The van der Waals surface area contributed by atoms with Crippen LogP contribution in [-0.2, 0) is 4.79 Å². The van der Waals surface area contributed by atoms with Crippen molar-refractivity contribution in [1.29, 1.82) is 0 Å². The van der Waals surface area contributed by atoms with Crippen molar-refractivity contribution < 1.29 is 14.3 Å². The normalized spacial score (nSPS) is 18.9. The second-order valence-corrected chi connectivity index (χ2v) is 7.21. The van der Waals surface area contributed by atoms with Crippen LogP contribution >= 0.6 is 11.6 Å². The predicted molar refractivity (Wildman–Crippen MR) is 105 cm³/mol. The molecule has 1 atom stereocenters. The van der Waals surface area contributed by atoms with Gasteiger partial charge in [-0.2, -0.15) is 0 Å². The molecule has 6 nitrogen and oxygen atoms in total. The van der Waals surface area contributed by atoms with Gasteiger partial charge in [0.2, 0.25) is 0 Å². The van der Waals surface area contributed by atoms with Gasteiger partial charge >= 0.3 is 6.03 Å². The van der Waals surface area contributed by atoms with Crippen LogP contribution in [0.25, 0.3) is 0 Å². The monoisotopic (exact) mass is 385 g/mol. The van der Waals surface area contributed by atoms with Crippen LogP contribution in [0.3, 0.4) is 0 Å². The molecule has 2 aromatic carbocycles. The SMILES string of the molecule is CN1C(=O)COc2cc(NC(=O)N3CC[C@@H](c4ccccc4Cl)C3)ccc21. The van der Waals surface area contributed by atoms with Gasteiger partial charge < -0.3 is 19.9 Å². The maximum Gasteiger partial charge on any atom is 0.321 e. The Morgan fingerprint density at radius 2 is 2.07 bits per heavy atom. The number of rotatable bonds is 2. The van der Waals surface area contributed by atoms with E-state index in [-0.39, 0.29) is 24.5 Å². The maximum absolute atomic E-state index is 12.6. The van der Waals surface area contributed by atoms with E-state index < -0.39 is 0 Å². The summed E-state index contributed by atoms with van der Waals surface area (Å²) in [7, 11) is 1.71. The van der Waals surface area contributed by atoms with Gasteiger partial charge in [0, 0.05) is 42.8 Å². The Hall–Kier alpha value is -2.73. The number of hydrogen-bond acceptors (Lipinski definition) is 3. The van der Waals surface area contributed by atoms with Crippen LogP contribution in [0.15, 0.2) is 42.5 Å². The number of halogens is 1. The van der Waals surface area contributed by atoms with Gasteiger partial charge in [0.05, 0.1) is 5.69 Å². The average Bonchev–Trinajstić information content (AvgIpc) is 3.15. The van der Waals surface area contributed by atoms with Gasteiger partial charge in [-0.3, -0.25) is 4.79 Å². The minimum atomic E-state index is -0.148. The van der Waals surface area contributed by atoms with Crippen molar-refractivity contribution in [3.8, 4) is 5.75 Å². The third kappa shape index (κ3) is 3.45. The molecule has 2 aromatic rings. The summed E-state index contributed by atoms with van der Waals surface area (Å²) in [6.45, 7) is 1.32. The molecule has 0 aromatic heterocycles. The highest BCUT2D eigenvalue weighted by molar-refractivity contribution is 6.31. The number of anilines is 2. The van der Waals surface area contributed by atoms with Gasteiger partial charge in [0.15, 0.2) is 6.61 Å². The van der Waals surface area contributed by atoms with E-state index in [2.05, 4.69) is 5.32 Å². The maximum atomic E-state index is 12.6. The molecule has 0 aliphatic carbocycles. The van der Waals surface area contributed by atoms with Crippen molar-refractivity contribution in [3.05, 3.63) is 53.1 Å². The number of likely N-dealkylation sites (N-methyl/N-ethyl adjacent to an activating group) is 1. The van der Waals surface area contributed by atoms with Crippen molar-refractivity contribution in [3.63, 3.8) is 0 Å². The number of likely N-dealkylation sites (tertiary alicyclic amines) is 1. The topological polar surface area (TPSA) is 61.9 Å². The third-order valence-electron chi connectivity index (χ3n) is 5.12. The molecule has 1 fully saturated rings. The smallest absolute Gasteiger partial charge is 0.321 e. The number of benzene rings is 2. The molecule has 0 spiro atoms. The number of fused-ring (bicyclic) bond motifs is 1. The van der Waals surface area contributed by atoms with Crippen LogP contribution in [0.4, 0.5) is 16.2 Å². The van der Waals surface area contributed by atoms with Gasteiger partial charge in [-0.25, -0.2) is 4.79 Å². The fourth-order valence-corrected chi connectivity index (χ4v) is 3.85. The molecule has 2 aliphatic rings. The number of urea groups is 1. The van der Waals surface area contributed by atoms with Crippen molar-refractivity contribution in [2.45, 2.75) is 12.3 Å². The molecular formula is C20H20ClN3O3. The van der Waals surface area contributed by atoms with E-state index in [0.717, 1.165) is 17.0 Å². The Balaban J connectivity index is 1.43. The molecule has 0 bridgehead atoms. The Labute approximate surface area is 162 Å². The summed E-state index contributed by atoms with van der Waals surface area (Å²) in [5, 5.41) is 3.66. The zero-order chi connectivity index (χ0) is 19.0. The molecule has 140 valence electrons. The Morgan fingerprint density at radius 3 is 2.89 bits per heavy atom. The van der Waals surface area contributed by atoms with Gasteiger partial charge in [0.1, 0.15) is 5.75 Å². The van der Waals surface area contributed by atoms with E-state index >= 15 is 0 Å². The highest BCUT2D eigenvalue weighted by Crippen LogP contribution is 2.35. The molecule has 2 heterocycles. The number of carbonyl (C=O) groups excluding carboxylic acids is 2. The Morgan fingerprint density at radius 1 is 1.26 bits per heavy atom. The van der Waals surface area contributed by atoms with Gasteiger partial charge in [-0.15, -0.1) is 0 Å². The molecule has 7 heteroatoms. The summed E-state index contributed by atoms with van der Waals surface area (Å²) in [5.74, 6) is 0.739. The van der Waals surface area contributed by atoms with E-state index in [0.29, 0.717) is 30.2 Å². The molecule has 1 saturated heterocycles. The number of hydrogen-bond donors (Lipinski definition) is 1. The van der Waals surface area contributed by atoms with Crippen molar-refractivity contribution in [2.24, 2.45) is 0 Å². The van der Waals surface area contributed by atoms with Crippen molar-refractivity contribution >= 4 is 34.9 Å². The van der Waals surface area contributed by atoms with Crippen LogP contribution in [0, 0.1) is 0 Å². The highest BCUT2D eigenvalue weighted by atomic mass is 35.5. The summed E-state index contributed by atoms with van der Waals surface area (Å²) < 4.78 is 5.47. The molecule has 0 saturated carbocycles. The Bertz CT molecular complexity index is 902. The van der Waals surface area contributed by atoms with E-state index in [1.54, 1.807) is 35.0 Å². The summed E-state index contributed by atoms with van der Waals surface area (Å²) in [6.07, 6.45) is 0.886. The number of amides is 3. The number of nitrogens with zero attached hydrogens (tertiary/aromatic N) is 2. The average molecular weight is 386 g/mol. The predicted octanol–water partition coefficient (Wildman–Crippen LogP) is 3.72. The zero-order valence-electron chi connectivity index (χ0n) is 14.9. The van der Waals surface area contributed by atoms with Crippen LogP contribution in [0.1, 0.15) is 17.9 Å². The van der Waals surface area contributed by atoms with Gasteiger partial charge in [-0.1, -0.05) is 29.8 Å². The van der Waals surface area contributed by atoms with Crippen LogP contribution in [0.5, 0.6) is 5.75 Å². The second kappa shape index (κ2) is 7.12. The number of ether oxygens (including phenoxy) is 1. The van der Waals surface area contributed by atoms with E-state index in [4.69, 9.17) is 16.3 Å². The minimum absolute atomic E-state index is 0.00649. The van der Waals surface area contributed by atoms with Gasteiger partial charge in [-0.05, 0) is 30.2 Å². The fraction of sp³-hybridized carbons (Fsp3) is 0.300. The van der Waals surface area contributed by atoms with Gasteiger partial charge in [0.25, 0.3) is 5.91 Å². The van der Waals surface area contributed by atoms with Crippen LogP contribution in [0.2, 0.25) is 5.02 Å². The molecule has 0 radical (unpaired) electrons. The lowest BCUT2D eigenvalue weighted by Gasteiger charge is -2.26. The zero-order valence-corrected chi connectivity index (χ0v) is 15.7. The first kappa shape index (κ1) is 17.7. The van der Waals surface area contributed by atoms with Crippen LogP contribution < -0.4 is 15.0 Å². The summed E-state index contributed by atoms with van der Waals surface area (Å²) >= 11 is 6.29. The molecule has 27 heavy (non-hydrogen) atoms. The largest absolute Gasteiger partial charge is 0.481 e. The van der Waals surface area contributed by atoms with Crippen LogP contribution in [-0.4, -0.2) is 43.6 Å². The lowest BCUT2D eigenvalue weighted by molar-refractivity contribution is -0.120. The second-order valence-electron chi connectivity index (χ2n) is 6.81. The lowest BCUT2D eigenvalue weighted by atomic mass is 9.98. The van der Waals surface area contributed by atoms with Crippen molar-refractivity contribution in [1.82, 2.24) is 4.90 Å². The first-order valence-electron chi connectivity index (χ1n) is 8.86. The first-order chi connectivity index (χ1) is 13.0. The number of carbonyl (C=O) groups is 2. The quantitative estimate of drug-likeness (QED) is 0.857.